The van der Waals surface area contributed by atoms with Crippen LogP contribution in [0.15, 0.2) is 35.3 Å². The van der Waals surface area contributed by atoms with Crippen molar-refractivity contribution in [2.45, 2.75) is 39.2 Å². The van der Waals surface area contributed by atoms with E-state index < -0.39 is 0 Å². The molecule has 1 aromatic carbocycles. The average molecular weight is 386 g/mol. The number of benzene rings is 1. The first-order valence-electron chi connectivity index (χ1n) is 10.8. The van der Waals surface area contributed by atoms with Crippen LogP contribution in [-0.4, -0.2) is 67.5 Å². The van der Waals surface area contributed by atoms with Gasteiger partial charge in [0.15, 0.2) is 5.96 Å². The van der Waals surface area contributed by atoms with E-state index in [-0.39, 0.29) is 11.8 Å². The van der Waals surface area contributed by atoms with Crippen LogP contribution in [0.2, 0.25) is 0 Å². The van der Waals surface area contributed by atoms with Crippen LogP contribution in [0.4, 0.5) is 0 Å². The Kier molecular flexibility index (Phi) is 7.71. The van der Waals surface area contributed by atoms with Gasteiger partial charge in [0, 0.05) is 51.2 Å². The first-order valence-corrected chi connectivity index (χ1v) is 10.8. The van der Waals surface area contributed by atoms with E-state index in [0.29, 0.717) is 19.1 Å². The van der Waals surface area contributed by atoms with Crippen molar-refractivity contribution >= 4 is 11.9 Å². The summed E-state index contributed by atoms with van der Waals surface area (Å²) in [6.45, 7) is 10.5. The van der Waals surface area contributed by atoms with Gasteiger partial charge in [-0.05, 0) is 31.7 Å². The number of guanidine groups is 1. The highest BCUT2D eigenvalue weighted by atomic mass is 16.2. The third kappa shape index (κ3) is 5.71. The zero-order chi connectivity index (χ0) is 19.8. The van der Waals surface area contributed by atoms with E-state index in [1.165, 1.54) is 5.56 Å². The lowest BCUT2D eigenvalue weighted by Gasteiger charge is -2.40. The summed E-state index contributed by atoms with van der Waals surface area (Å²) in [6.07, 6.45) is 3.21. The molecule has 1 aromatic rings. The highest BCUT2D eigenvalue weighted by molar-refractivity contribution is 5.81. The van der Waals surface area contributed by atoms with E-state index >= 15 is 0 Å². The maximum atomic E-state index is 11.7. The Bertz CT molecular complexity index is 636. The third-order valence-electron chi connectivity index (χ3n) is 5.58. The van der Waals surface area contributed by atoms with E-state index in [2.05, 4.69) is 64.6 Å². The van der Waals surface area contributed by atoms with Crippen LogP contribution in [0.25, 0.3) is 0 Å². The number of hydrogen-bond donors (Lipinski definition) is 2. The molecule has 0 radical (unpaired) electrons. The van der Waals surface area contributed by atoms with E-state index in [1.54, 1.807) is 0 Å². The summed E-state index contributed by atoms with van der Waals surface area (Å²) < 4.78 is 0. The second-order valence-corrected chi connectivity index (χ2v) is 7.66. The monoisotopic (exact) mass is 385 g/mol. The van der Waals surface area contributed by atoms with Crippen molar-refractivity contribution in [3.8, 4) is 0 Å². The molecule has 1 aliphatic heterocycles. The lowest BCUT2D eigenvalue weighted by Crippen LogP contribution is -2.53. The Hall–Kier alpha value is -2.08. The van der Waals surface area contributed by atoms with Gasteiger partial charge in [-0.15, -0.1) is 0 Å². The molecule has 0 bridgehead atoms. The maximum Gasteiger partial charge on any atom is 0.223 e. The molecule has 1 aliphatic carbocycles. The molecule has 3 rings (SSSR count). The van der Waals surface area contributed by atoms with Crippen molar-refractivity contribution in [3.05, 3.63) is 35.9 Å². The topological polar surface area (TPSA) is 60.0 Å². The van der Waals surface area contributed by atoms with Crippen LogP contribution in [0.5, 0.6) is 0 Å². The van der Waals surface area contributed by atoms with Crippen molar-refractivity contribution in [3.63, 3.8) is 0 Å². The molecule has 0 aromatic heterocycles. The summed E-state index contributed by atoms with van der Waals surface area (Å²) in [7, 11) is 0. The number of carbonyl (C=O) groups excluding carboxylic acids is 1. The van der Waals surface area contributed by atoms with Gasteiger partial charge in [-0.25, -0.2) is 0 Å². The van der Waals surface area contributed by atoms with Crippen LogP contribution in [0, 0.1) is 5.92 Å². The largest absolute Gasteiger partial charge is 0.357 e. The molecule has 1 atom stereocenters. The minimum atomic E-state index is 0.195. The fourth-order valence-electron chi connectivity index (χ4n) is 3.88. The van der Waals surface area contributed by atoms with Gasteiger partial charge in [-0.1, -0.05) is 37.3 Å². The predicted octanol–water partition coefficient (Wildman–Crippen LogP) is 2.25. The number of piperazine rings is 1. The summed E-state index contributed by atoms with van der Waals surface area (Å²) in [5.74, 6) is 1.43. The number of hydrogen-bond acceptors (Lipinski definition) is 3. The Morgan fingerprint density at radius 2 is 1.82 bits per heavy atom. The van der Waals surface area contributed by atoms with Gasteiger partial charge >= 0.3 is 0 Å². The van der Waals surface area contributed by atoms with Gasteiger partial charge in [0.2, 0.25) is 5.91 Å². The molecule has 2 N–H and O–H groups in total. The second kappa shape index (κ2) is 10.5. The van der Waals surface area contributed by atoms with Gasteiger partial charge in [0.25, 0.3) is 0 Å². The van der Waals surface area contributed by atoms with E-state index in [1.807, 2.05) is 0 Å². The molecule has 1 saturated heterocycles. The molecule has 2 aliphatic rings. The number of rotatable bonds is 8. The summed E-state index contributed by atoms with van der Waals surface area (Å²) in [5, 5.41) is 6.40. The molecule has 154 valence electrons. The maximum absolute atomic E-state index is 11.7. The summed E-state index contributed by atoms with van der Waals surface area (Å²) >= 11 is 0. The lowest BCUT2D eigenvalue weighted by atomic mass is 10.0. The molecule has 1 saturated carbocycles. The Labute approximate surface area is 169 Å². The summed E-state index contributed by atoms with van der Waals surface area (Å²) in [4.78, 5) is 21.4. The Morgan fingerprint density at radius 3 is 2.43 bits per heavy atom. The van der Waals surface area contributed by atoms with Crippen molar-refractivity contribution < 1.29 is 4.79 Å². The van der Waals surface area contributed by atoms with E-state index in [9.17, 15) is 4.79 Å². The van der Waals surface area contributed by atoms with Crippen LogP contribution >= 0.6 is 0 Å². The van der Waals surface area contributed by atoms with Crippen molar-refractivity contribution in [1.29, 1.82) is 0 Å². The second-order valence-electron chi connectivity index (χ2n) is 7.66. The number of carbonyl (C=O) groups is 1. The molecule has 6 heteroatoms. The van der Waals surface area contributed by atoms with Crippen LogP contribution in [-0.2, 0) is 4.79 Å². The molecular formula is C22H35N5O. The predicted molar refractivity (Wildman–Crippen MR) is 114 cm³/mol. The van der Waals surface area contributed by atoms with E-state index in [4.69, 9.17) is 4.99 Å². The Balaban J connectivity index is 1.50. The molecule has 6 nitrogen and oxygen atoms in total. The third-order valence-corrected chi connectivity index (χ3v) is 5.58. The first kappa shape index (κ1) is 20.6. The molecule has 1 amide bonds. The zero-order valence-corrected chi connectivity index (χ0v) is 17.4. The molecule has 1 heterocycles. The van der Waals surface area contributed by atoms with Crippen LogP contribution in [0.3, 0.4) is 0 Å². The summed E-state index contributed by atoms with van der Waals surface area (Å²) in [6, 6.07) is 11.3. The smallest absolute Gasteiger partial charge is 0.223 e. The van der Waals surface area contributed by atoms with Crippen LogP contribution in [0.1, 0.15) is 44.7 Å². The Morgan fingerprint density at radius 1 is 1.11 bits per heavy atom. The number of aliphatic imine (C=N–C) groups is 1. The normalized spacial score (nSPS) is 19.4. The van der Waals surface area contributed by atoms with Gasteiger partial charge in [0.05, 0.1) is 6.54 Å². The number of nitrogens with one attached hydrogen (secondary N) is 2. The highest BCUT2D eigenvalue weighted by Crippen LogP contribution is 2.28. The van der Waals surface area contributed by atoms with Crippen molar-refractivity contribution in [2.75, 3.05) is 45.8 Å². The molecule has 0 spiro atoms. The van der Waals surface area contributed by atoms with E-state index in [0.717, 1.165) is 57.9 Å². The number of amides is 1. The molecule has 28 heavy (non-hydrogen) atoms. The van der Waals surface area contributed by atoms with Gasteiger partial charge in [-0.2, -0.15) is 0 Å². The minimum absolute atomic E-state index is 0.195. The molecule has 2 fully saturated rings. The molecular weight excluding hydrogens is 350 g/mol. The standard InChI is InChI=1S/C22H35N5O/c1-3-20(18-8-6-5-7-9-18)26-14-16-27(17-15-26)22(23-4-2)25-13-12-24-21(28)19-10-11-19/h5-9,19-20H,3-4,10-17H2,1-2H3,(H,23,25)(H,24,28). The van der Waals surface area contributed by atoms with Gasteiger partial charge in [-0.3, -0.25) is 14.7 Å². The van der Waals surface area contributed by atoms with Gasteiger partial charge < -0.3 is 15.5 Å². The first-order chi connectivity index (χ1) is 13.7. The average Bonchev–Trinajstić information content (AvgIpc) is 3.58. The van der Waals surface area contributed by atoms with Gasteiger partial charge in [0.1, 0.15) is 0 Å². The van der Waals surface area contributed by atoms with Crippen molar-refractivity contribution in [1.82, 2.24) is 20.4 Å². The SMILES string of the molecule is CCNC(=NCCNC(=O)C1CC1)N1CCN(C(CC)c2ccccc2)CC1. The zero-order valence-electron chi connectivity index (χ0n) is 17.4. The fraction of sp³-hybridized carbons (Fsp3) is 0.636. The highest BCUT2D eigenvalue weighted by Gasteiger charge is 2.29. The number of nitrogens with zero attached hydrogens (tertiary/aromatic N) is 3. The lowest BCUT2D eigenvalue weighted by molar-refractivity contribution is -0.122. The van der Waals surface area contributed by atoms with Crippen molar-refractivity contribution in [2.24, 2.45) is 10.9 Å². The summed E-state index contributed by atoms with van der Waals surface area (Å²) in [5.41, 5.74) is 1.41. The fourth-order valence-corrected chi connectivity index (χ4v) is 3.88. The molecule has 1 unspecified atom stereocenters. The quantitative estimate of drug-likeness (QED) is 0.409. The minimum Gasteiger partial charge on any atom is -0.357 e. The van der Waals surface area contributed by atoms with Crippen LogP contribution < -0.4 is 10.6 Å².